The van der Waals surface area contributed by atoms with E-state index in [1.54, 1.807) is 30.9 Å². The predicted molar refractivity (Wildman–Crippen MR) is 74.1 cm³/mol. The van der Waals surface area contributed by atoms with Gasteiger partial charge in [0.05, 0.1) is 5.56 Å². The molecule has 1 aliphatic heterocycles. The molecule has 0 spiro atoms. The first-order valence-corrected chi connectivity index (χ1v) is 6.47. The lowest BCUT2D eigenvalue weighted by atomic mass is 10.1. The molecule has 0 bridgehead atoms. The van der Waals surface area contributed by atoms with E-state index in [9.17, 15) is 4.79 Å². The van der Waals surface area contributed by atoms with Gasteiger partial charge in [-0.1, -0.05) is 6.07 Å². The van der Waals surface area contributed by atoms with Crippen molar-refractivity contribution in [2.45, 2.75) is 13.1 Å². The number of carbonyl (C=O) groups is 1. The highest BCUT2D eigenvalue weighted by Gasteiger charge is 2.23. The molecule has 1 aliphatic rings. The molecule has 3 aromatic rings. The molecule has 7 heteroatoms. The summed E-state index contributed by atoms with van der Waals surface area (Å²) in [4.78, 5) is 17.5. The number of carboxylic acids is 1. The van der Waals surface area contributed by atoms with Gasteiger partial charge in [-0.3, -0.25) is 4.40 Å². The Morgan fingerprint density at radius 1 is 1.24 bits per heavy atom. The average molecular weight is 281 g/mol. The number of fused-ring (bicyclic) bond motifs is 2. The number of carboxylic acid groups (broad SMARTS) is 1. The maximum atomic E-state index is 11.0. The predicted octanol–water partition coefficient (Wildman–Crippen LogP) is 1.34. The minimum absolute atomic E-state index is 0.309. The fourth-order valence-electron chi connectivity index (χ4n) is 2.65. The third kappa shape index (κ3) is 1.82. The number of hydrogen-bond donors (Lipinski definition) is 1. The van der Waals surface area contributed by atoms with Crippen molar-refractivity contribution < 1.29 is 9.90 Å². The van der Waals surface area contributed by atoms with Crippen LogP contribution < -0.4 is 4.90 Å². The molecule has 1 aromatic carbocycles. The van der Waals surface area contributed by atoms with Crippen LogP contribution in [0.4, 0.5) is 5.82 Å². The van der Waals surface area contributed by atoms with Gasteiger partial charge >= 0.3 is 5.97 Å². The quantitative estimate of drug-likeness (QED) is 0.763. The van der Waals surface area contributed by atoms with Crippen molar-refractivity contribution in [3.63, 3.8) is 0 Å². The number of hydrogen-bond acceptors (Lipinski definition) is 5. The first-order valence-electron chi connectivity index (χ1n) is 6.47. The van der Waals surface area contributed by atoms with Crippen LogP contribution in [0.2, 0.25) is 0 Å². The fourth-order valence-corrected chi connectivity index (χ4v) is 2.65. The van der Waals surface area contributed by atoms with Crippen molar-refractivity contribution in [2.24, 2.45) is 0 Å². The highest BCUT2D eigenvalue weighted by molar-refractivity contribution is 5.88. The van der Waals surface area contributed by atoms with E-state index in [0.29, 0.717) is 24.3 Å². The van der Waals surface area contributed by atoms with Crippen LogP contribution in [0.3, 0.4) is 0 Å². The average Bonchev–Trinajstić information content (AvgIpc) is 3.12. The van der Waals surface area contributed by atoms with E-state index in [1.807, 2.05) is 10.5 Å². The summed E-state index contributed by atoms with van der Waals surface area (Å²) >= 11 is 0. The molecule has 4 rings (SSSR count). The molecule has 0 aliphatic carbocycles. The Morgan fingerprint density at radius 3 is 2.95 bits per heavy atom. The lowest BCUT2D eigenvalue weighted by molar-refractivity contribution is 0.0697. The van der Waals surface area contributed by atoms with E-state index >= 15 is 0 Å². The van der Waals surface area contributed by atoms with Gasteiger partial charge in [0.2, 0.25) is 5.65 Å². The molecule has 0 atom stereocenters. The molecule has 0 radical (unpaired) electrons. The highest BCUT2D eigenvalue weighted by Crippen LogP contribution is 2.29. The van der Waals surface area contributed by atoms with Gasteiger partial charge in [-0.05, 0) is 23.3 Å². The Morgan fingerprint density at radius 2 is 2.10 bits per heavy atom. The molecule has 0 amide bonds. The maximum Gasteiger partial charge on any atom is 0.335 e. The second-order valence-corrected chi connectivity index (χ2v) is 4.96. The standard InChI is InChI=1S/C14H11N5O2/c20-14(21)9-1-2-10-6-19(7-11(10)5-9)12-13-17-16-8-18(13)4-3-15-12/h1-5,8H,6-7H2,(H,20,21). The van der Waals surface area contributed by atoms with Crippen molar-refractivity contribution in [2.75, 3.05) is 4.90 Å². The molecule has 0 saturated heterocycles. The van der Waals surface area contributed by atoms with E-state index in [0.717, 1.165) is 16.9 Å². The van der Waals surface area contributed by atoms with Gasteiger partial charge in [-0.2, -0.15) is 0 Å². The lowest BCUT2D eigenvalue weighted by Gasteiger charge is -2.16. The number of nitrogens with zero attached hydrogens (tertiary/aromatic N) is 5. The van der Waals surface area contributed by atoms with Crippen LogP contribution in [0, 0.1) is 0 Å². The van der Waals surface area contributed by atoms with Crippen molar-refractivity contribution in [1.82, 2.24) is 19.6 Å². The van der Waals surface area contributed by atoms with Crippen LogP contribution in [0.25, 0.3) is 5.65 Å². The number of aromatic nitrogens is 4. The van der Waals surface area contributed by atoms with Crippen molar-refractivity contribution in [3.8, 4) is 0 Å². The third-order valence-electron chi connectivity index (χ3n) is 3.67. The van der Waals surface area contributed by atoms with Gasteiger partial charge in [0.15, 0.2) is 5.82 Å². The summed E-state index contributed by atoms with van der Waals surface area (Å²) in [6, 6.07) is 5.22. The second-order valence-electron chi connectivity index (χ2n) is 4.96. The summed E-state index contributed by atoms with van der Waals surface area (Å²) in [6.07, 6.45) is 5.13. The van der Waals surface area contributed by atoms with E-state index in [-0.39, 0.29) is 0 Å². The lowest BCUT2D eigenvalue weighted by Crippen LogP contribution is -2.17. The van der Waals surface area contributed by atoms with Crippen LogP contribution in [-0.4, -0.2) is 30.7 Å². The van der Waals surface area contributed by atoms with Crippen LogP contribution in [0.15, 0.2) is 36.9 Å². The first-order chi connectivity index (χ1) is 10.2. The molecule has 7 nitrogen and oxygen atoms in total. The van der Waals surface area contributed by atoms with Crippen molar-refractivity contribution in [1.29, 1.82) is 0 Å². The molecule has 21 heavy (non-hydrogen) atoms. The van der Waals surface area contributed by atoms with E-state index in [2.05, 4.69) is 20.1 Å². The summed E-state index contributed by atoms with van der Waals surface area (Å²) in [6.45, 7) is 1.31. The summed E-state index contributed by atoms with van der Waals surface area (Å²) < 4.78 is 1.81. The van der Waals surface area contributed by atoms with E-state index in [4.69, 9.17) is 5.11 Å². The Bertz CT molecular complexity index is 857. The molecule has 0 fully saturated rings. The number of aromatic carboxylic acids is 1. The highest BCUT2D eigenvalue weighted by atomic mass is 16.4. The SMILES string of the molecule is O=C(O)c1ccc2c(c1)CN(c1nccn3cnnc13)C2. The molecule has 0 saturated carbocycles. The molecule has 104 valence electrons. The summed E-state index contributed by atoms with van der Waals surface area (Å²) in [7, 11) is 0. The Balaban J connectivity index is 1.73. The maximum absolute atomic E-state index is 11.0. The van der Waals surface area contributed by atoms with E-state index in [1.165, 1.54) is 0 Å². The molecule has 1 N–H and O–H groups in total. The number of rotatable bonds is 2. The van der Waals surface area contributed by atoms with Gasteiger partial charge in [-0.15, -0.1) is 10.2 Å². The zero-order valence-corrected chi connectivity index (χ0v) is 11.0. The topological polar surface area (TPSA) is 83.6 Å². The van der Waals surface area contributed by atoms with Crippen LogP contribution in [0.1, 0.15) is 21.5 Å². The molecular formula is C14H11N5O2. The minimum atomic E-state index is -0.908. The Kier molecular flexibility index (Phi) is 2.41. The Labute approximate surface area is 119 Å². The summed E-state index contributed by atoms with van der Waals surface area (Å²) in [5, 5.41) is 17.0. The summed E-state index contributed by atoms with van der Waals surface area (Å²) in [5.41, 5.74) is 3.13. The third-order valence-corrected chi connectivity index (χ3v) is 3.67. The second kappa shape index (κ2) is 4.27. The zero-order chi connectivity index (χ0) is 14.4. The van der Waals surface area contributed by atoms with Gasteiger partial charge in [-0.25, -0.2) is 9.78 Å². The Hall–Kier alpha value is -2.96. The molecule has 2 aromatic heterocycles. The van der Waals surface area contributed by atoms with Crippen LogP contribution in [0.5, 0.6) is 0 Å². The number of anilines is 1. The normalized spacial score (nSPS) is 13.6. The van der Waals surface area contributed by atoms with E-state index < -0.39 is 5.97 Å². The van der Waals surface area contributed by atoms with Gasteiger partial charge in [0.1, 0.15) is 6.33 Å². The first kappa shape index (κ1) is 11.8. The smallest absolute Gasteiger partial charge is 0.335 e. The minimum Gasteiger partial charge on any atom is -0.478 e. The molecule has 3 heterocycles. The zero-order valence-electron chi connectivity index (χ0n) is 11.0. The molecular weight excluding hydrogens is 270 g/mol. The monoisotopic (exact) mass is 281 g/mol. The van der Waals surface area contributed by atoms with Crippen LogP contribution >= 0.6 is 0 Å². The summed E-state index contributed by atoms with van der Waals surface area (Å²) in [5.74, 6) is -0.156. The van der Waals surface area contributed by atoms with Crippen molar-refractivity contribution in [3.05, 3.63) is 53.6 Å². The van der Waals surface area contributed by atoms with Gasteiger partial charge in [0.25, 0.3) is 0 Å². The number of benzene rings is 1. The van der Waals surface area contributed by atoms with Gasteiger partial charge < -0.3 is 10.0 Å². The molecule has 0 unspecified atom stereocenters. The fraction of sp³-hybridized carbons (Fsp3) is 0.143. The van der Waals surface area contributed by atoms with Crippen LogP contribution in [-0.2, 0) is 13.1 Å². The largest absolute Gasteiger partial charge is 0.478 e. The van der Waals surface area contributed by atoms with Crippen molar-refractivity contribution >= 4 is 17.4 Å². The van der Waals surface area contributed by atoms with Gasteiger partial charge in [0, 0.05) is 25.5 Å².